The molecule has 0 spiro atoms. The summed E-state index contributed by atoms with van der Waals surface area (Å²) in [5, 5.41) is 2.64. The van der Waals surface area contributed by atoms with E-state index in [2.05, 4.69) is 20.3 Å². The van der Waals surface area contributed by atoms with E-state index >= 15 is 0 Å². The summed E-state index contributed by atoms with van der Waals surface area (Å²) in [6.45, 7) is 1.40. The van der Waals surface area contributed by atoms with Crippen molar-refractivity contribution < 1.29 is 4.79 Å². The van der Waals surface area contributed by atoms with E-state index in [1.165, 1.54) is 6.92 Å². The van der Waals surface area contributed by atoms with Gasteiger partial charge in [-0.25, -0.2) is 15.0 Å². The number of alkyl halides is 6. The fraction of sp³-hybridized carbons (Fsp3) is 0.231. The first-order valence-electron chi connectivity index (χ1n) is 6.25. The lowest BCUT2D eigenvalue weighted by molar-refractivity contribution is -0.114. The molecule has 0 aliphatic heterocycles. The lowest BCUT2D eigenvalue weighted by Gasteiger charge is -2.15. The zero-order chi connectivity index (χ0) is 18.1. The molecule has 1 heterocycles. The average molecular weight is 449 g/mol. The molecule has 2 aromatic rings. The van der Waals surface area contributed by atoms with Crippen LogP contribution in [-0.2, 0) is 12.4 Å². The number of aromatic nitrogens is 3. The number of amides is 1. The van der Waals surface area contributed by atoms with Gasteiger partial charge in [-0.1, -0.05) is 69.6 Å². The normalized spacial score (nSPS) is 12.1. The van der Waals surface area contributed by atoms with E-state index in [1.807, 2.05) is 0 Å². The van der Waals surface area contributed by atoms with Crippen molar-refractivity contribution in [1.82, 2.24) is 15.0 Å². The smallest absolute Gasteiger partial charge is 0.250 e. The van der Waals surface area contributed by atoms with Crippen LogP contribution >= 0.6 is 69.6 Å². The Bertz CT molecular complexity index is 722. The molecule has 0 saturated heterocycles. The Balaban J connectivity index is 2.51. The summed E-state index contributed by atoms with van der Waals surface area (Å²) in [4.78, 5) is 23.1. The van der Waals surface area contributed by atoms with Gasteiger partial charge in [0.2, 0.25) is 13.5 Å². The first-order valence-corrected chi connectivity index (χ1v) is 8.52. The third-order valence-corrected chi connectivity index (χ3v) is 3.62. The molecular weight excluding hydrogens is 441 g/mol. The van der Waals surface area contributed by atoms with Crippen LogP contribution < -0.4 is 5.32 Å². The maximum atomic E-state index is 11.0. The summed E-state index contributed by atoms with van der Waals surface area (Å²) in [6, 6.07) is 6.63. The van der Waals surface area contributed by atoms with Crippen LogP contribution in [0.25, 0.3) is 11.4 Å². The molecule has 0 radical (unpaired) electrons. The van der Waals surface area contributed by atoms with Crippen molar-refractivity contribution in [2.24, 2.45) is 0 Å². The maximum Gasteiger partial charge on any atom is 0.250 e. The summed E-state index contributed by atoms with van der Waals surface area (Å²) >= 11 is 34.9. The SMILES string of the molecule is CC(=O)Nc1ccc(-c2nc(C(Cl)(Cl)Cl)nc(C(Cl)(Cl)Cl)n2)cc1. The Hall–Kier alpha value is -0.560. The molecule has 11 heteroatoms. The molecule has 0 unspecified atom stereocenters. The quantitative estimate of drug-likeness (QED) is 0.645. The number of hydrogen-bond donors (Lipinski definition) is 1. The molecule has 24 heavy (non-hydrogen) atoms. The molecule has 5 nitrogen and oxygen atoms in total. The molecule has 0 atom stereocenters. The van der Waals surface area contributed by atoms with Crippen molar-refractivity contribution in [2.45, 2.75) is 14.5 Å². The number of anilines is 1. The standard InChI is InChI=1S/C13H8Cl6N4O/c1-6(24)20-8-4-2-7(3-5-8)9-21-10(12(14,15)16)23-11(22-9)13(17,18)19/h2-5H,1H3,(H,20,24). The highest BCUT2D eigenvalue weighted by atomic mass is 35.6. The van der Waals surface area contributed by atoms with Gasteiger partial charge < -0.3 is 5.32 Å². The molecule has 0 aliphatic carbocycles. The van der Waals surface area contributed by atoms with Crippen molar-refractivity contribution in [3.63, 3.8) is 0 Å². The van der Waals surface area contributed by atoms with Gasteiger partial charge in [0, 0.05) is 18.2 Å². The fourth-order valence-electron chi connectivity index (χ4n) is 1.66. The number of carbonyl (C=O) groups excluding carboxylic acids is 1. The van der Waals surface area contributed by atoms with Crippen LogP contribution in [0.4, 0.5) is 5.69 Å². The predicted octanol–water partition coefficient (Wildman–Crippen LogP) is 5.15. The second kappa shape index (κ2) is 7.36. The van der Waals surface area contributed by atoms with Gasteiger partial charge in [0.1, 0.15) is 0 Å². The Morgan fingerprint density at radius 3 is 1.71 bits per heavy atom. The fourth-order valence-corrected chi connectivity index (χ4v) is 2.17. The van der Waals surface area contributed by atoms with Crippen molar-refractivity contribution >= 4 is 81.2 Å². The second-order valence-corrected chi connectivity index (χ2v) is 9.12. The highest BCUT2D eigenvalue weighted by Gasteiger charge is 2.33. The van der Waals surface area contributed by atoms with Gasteiger partial charge in [-0.3, -0.25) is 4.79 Å². The van der Waals surface area contributed by atoms with E-state index in [0.717, 1.165) is 0 Å². The van der Waals surface area contributed by atoms with Gasteiger partial charge in [0.05, 0.1) is 0 Å². The van der Waals surface area contributed by atoms with Gasteiger partial charge in [-0.2, -0.15) is 0 Å². The number of nitrogens with one attached hydrogen (secondary N) is 1. The van der Waals surface area contributed by atoms with Crippen LogP contribution in [0.2, 0.25) is 0 Å². The van der Waals surface area contributed by atoms with E-state index in [9.17, 15) is 4.79 Å². The number of rotatable bonds is 2. The molecule has 128 valence electrons. The Morgan fingerprint density at radius 2 is 1.33 bits per heavy atom. The molecule has 0 saturated carbocycles. The molecule has 0 fully saturated rings. The van der Waals surface area contributed by atoms with Crippen LogP contribution in [0, 0.1) is 0 Å². The topological polar surface area (TPSA) is 67.8 Å². The molecule has 1 aromatic carbocycles. The van der Waals surface area contributed by atoms with Gasteiger partial charge >= 0.3 is 0 Å². The monoisotopic (exact) mass is 446 g/mol. The van der Waals surface area contributed by atoms with Crippen LogP contribution in [0.3, 0.4) is 0 Å². The minimum atomic E-state index is -1.92. The highest BCUT2D eigenvalue weighted by Crippen LogP contribution is 2.40. The second-order valence-electron chi connectivity index (χ2n) is 4.56. The largest absolute Gasteiger partial charge is 0.326 e. The molecule has 2 rings (SSSR count). The van der Waals surface area contributed by atoms with E-state index in [0.29, 0.717) is 11.3 Å². The zero-order valence-electron chi connectivity index (χ0n) is 11.8. The van der Waals surface area contributed by atoms with Crippen LogP contribution in [0.15, 0.2) is 24.3 Å². The summed E-state index contributed by atoms with van der Waals surface area (Å²) < 4.78 is -3.84. The zero-order valence-corrected chi connectivity index (χ0v) is 16.4. The first-order chi connectivity index (χ1) is 11.0. The Morgan fingerprint density at radius 1 is 0.875 bits per heavy atom. The van der Waals surface area contributed by atoms with E-state index < -0.39 is 7.59 Å². The van der Waals surface area contributed by atoms with Gasteiger partial charge in [-0.05, 0) is 24.3 Å². The molecule has 1 N–H and O–H groups in total. The third kappa shape index (κ3) is 5.22. The summed E-state index contributed by atoms with van der Waals surface area (Å²) in [6.07, 6.45) is 0. The molecule has 0 bridgehead atoms. The van der Waals surface area contributed by atoms with Crippen LogP contribution in [-0.4, -0.2) is 20.9 Å². The number of halogens is 6. The molecule has 1 aromatic heterocycles. The van der Waals surface area contributed by atoms with Crippen LogP contribution in [0.5, 0.6) is 0 Å². The van der Waals surface area contributed by atoms with Crippen molar-refractivity contribution in [2.75, 3.05) is 5.32 Å². The number of hydrogen-bond acceptors (Lipinski definition) is 4. The van der Waals surface area contributed by atoms with E-state index in [-0.39, 0.29) is 23.4 Å². The van der Waals surface area contributed by atoms with Crippen molar-refractivity contribution in [3.8, 4) is 11.4 Å². The maximum absolute atomic E-state index is 11.0. The number of carbonyl (C=O) groups is 1. The summed E-state index contributed by atoms with van der Waals surface area (Å²) in [5.74, 6) is -0.392. The molecular formula is C13H8Cl6N4O. The van der Waals surface area contributed by atoms with E-state index in [4.69, 9.17) is 69.6 Å². The number of benzene rings is 1. The lowest BCUT2D eigenvalue weighted by Crippen LogP contribution is -2.16. The lowest BCUT2D eigenvalue weighted by atomic mass is 10.2. The minimum Gasteiger partial charge on any atom is -0.326 e. The summed E-state index contributed by atoms with van der Waals surface area (Å²) in [5.41, 5.74) is 1.15. The van der Waals surface area contributed by atoms with Crippen LogP contribution in [0.1, 0.15) is 18.6 Å². The van der Waals surface area contributed by atoms with Gasteiger partial charge in [0.15, 0.2) is 17.5 Å². The van der Waals surface area contributed by atoms with E-state index in [1.54, 1.807) is 24.3 Å². The number of nitrogens with zero attached hydrogens (tertiary/aromatic N) is 3. The van der Waals surface area contributed by atoms with Crippen molar-refractivity contribution in [1.29, 1.82) is 0 Å². The summed E-state index contributed by atoms with van der Waals surface area (Å²) in [7, 11) is 0. The average Bonchev–Trinajstić information content (AvgIpc) is 2.45. The Labute approximate surface area is 167 Å². The highest BCUT2D eigenvalue weighted by molar-refractivity contribution is 6.67. The minimum absolute atomic E-state index is 0.155. The van der Waals surface area contributed by atoms with Gasteiger partial charge in [0.25, 0.3) is 0 Å². The predicted molar refractivity (Wildman–Crippen MR) is 98.0 cm³/mol. The third-order valence-electron chi connectivity index (χ3n) is 2.61. The Kier molecular flexibility index (Phi) is 6.06. The first kappa shape index (κ1) is 19.8. The molecule has 1 amide bonds. The van der Waals surface area contributed by atoms with Gasteiger partial charge in [-0.15, -0.1) is 0 Å². The molecule has 0 aliphatic rings. The van der Waals surface area contributed by atoms with Crippen molar-refractivity contribution in [3.05, 3.63) is 35.9 Å².